The molecule has 3 aliphatic carbocycles. The van der Waals surface area contributed by atoms with Crippen molar-refractivity contribution in [3.63, 3.8) is 0 Å². The molecule has 4 aliphatic rings. The highest BCUT2D eigenvalue weighted by Gasteiger charge is 2.72. The number of hydrogen-bond acceptors (Lipinski definition) is 4. The molecular formula is C19H20FN5O. The van der Waals surface area contributed by atoms with Crippen molar-refractivity contribution in [2.45, 2.75) is 45.2 Å². The van der Waals surface area contributed by atoms with Gasteiger partial charge in [-0.1, -0.05) is 0 Å². The summed E-state index contributed by atoms with van der Waals surface area (Å²) in [7, 11) is 0. The van der Waals surface area contributed by atoms with Crippen molar-refractivity contribution < 1.29 is 9.18 Å². The first-order valence-corrected chi connectivity index (χ1v) is 8.94. The fourth-order valence-corrected chi connectivity index (χ4v) is 5.03. The van der Waals surface area contributed by atoms with Gasteiger partial charge in [-0.25, -0.2) is 9.40 Å². The van der Waals surface area contributed by atoms with E-state index in [4.69, 9.17) is 0 Å². The topological polar surface area (TPSA) is 63.4 Å². The molecule has 26 heavy (non-hydrogen) atoms. The number of aromatic nitrogens is 3. The van der Waals surface area contributed by atoms with E-state index in [0.29, 0.717) is 12.0 Å². The van der Waals surface area contributed by atoms with Crippen LogP contribution in [0.3, 0.4) is 0 Å². The van der Waals surface area contributed by atoms with Gasteiger partial charge in [-0.15, -0.1) is 0 Å². The highest BCUT2D eigenvalue weighted by molar-refractivity contribution is 5.88. The quantitative estimate of drug-likeness (QED) is 0.849. The first kappa shape index (κ1) is 15.7. The lowest BCUT2D eigenvalue weighted by Crippen LogP contribution is -2.68. The minimum Gasteiger partial charge on any atom is -0.272 e. The SMILES string of the molecule is Cc1cnn(CC23CC(C(=O)N4N=CCC4c4cncc(F)c4)(C2)C3)c1. The van der Waals surface area contributed by atoms with Gasteiger partial charge in [0.15, 0.2) is 0 Å². The summed E-state index contributed by atoms with van der Waals surface area (Å²) in [5.41, 5.74) is 1.76. The van der Waals surface area contributed by atoms with Gasteiger partial charge in [0.05, 0.1) is 23.9 Å². The molecule has 6 nitrogen and oxygen atoms in total. The van der Waals surface area contributed by atoms with E-state index in [-0.39, 0.29) is 28.6 Å². The average Bonchev–Trinajstić information content (AvgIpc) is 3.17. The van der Waals surface area contributed by atoms with Gasteiger partial charge in [-0.2, -0.15) is 10.2 Å². The molecular weight excluding hydrogens is 333 g/mol. The minimum atomic E-state index is -0.388. The molecule has 2 aromatic heterocycles. The second-order valence-corrected chi connectivity index (χ2v) is 8.16. The maximum atomic E-state index is 13.5. The van der Waals surface area contributed by atoms with Crippen LogP contribution in [0.2, 0.25) is 0 Å². The van der Waals surface area contributed by atoms with Crippen molar-refractivity contribution in [2.75, 3.05) is 0 Å². The molecule has 1 atom stereocenters. The Labute approximate surface area is 150 Å². The van der Waals surface area contributed by atoms with Crippen molar-refractivity contribution in [1.82, 2.24) is 19.8 Å². The van der Waals surface area contributed by atoms with Crippen LogP contribution in [0.4, 0.5) is 4.39 Å². The predicted molar refractivity (Wildman–Crippen MR) is 92.6 cm³/mol. The lowest BCUT2D eigenvalue weighted by atomic mass is 9.34. The van der Waals surface area contributed by atoms with Crippen LogP contribution in [0.1, 0.15) is 42.9 Å². The Balaban J connectivity index is 1.29. The predicted octanol–water partition coefficient (Wildman–Crippen LogP) is 2.86. The molecule has 2 aromatic rings. The molecule has 2 bridgehead atoms. The fraction of sp³-hybridized carbons (Fsp3) is 0.474. The molecule has 0 saturated heterocycles. The summed E-state index contributed by atoms with van der Waals surface area (Å²) >= 11 is 0. The molecule has 1 amide bonds. The van der Waals surface area contributed by atoms with Crippen LogP contribution < -0.4 is 0 Å². The van der Waals surface area contributed by atoms with E-state index in [1.54, 1.807) is 17.4 Å². The van der Waals surface area contributed by atoms with E-state index < -0.39 is 0 Å². The molecule has 6 rings (SSSR count). The second-order valence-electron chi connectivity index (χ2n) is 8.16. The molecule has 3 fully saturated rings. The zero-order chi connectivity index (χ0) is 17.9. The van der Waals surface area contributed by atoms with Gasteiger partial charge in [0.25, 0.3) is 0 Å². The van der Waals surface area contributed by atoms with Crippen LogP contribution in [0.5, 0.6) is 0 Å². The molecule has 3 saturated carbocycles. The van der Waals surface area contributed by atoms with Crippen LogP contribution in [-0.2, 0) is 11.3 Å². The lowest BCUT2D eigenvalue weighted by Gasteiger charge is -2.69. The zero-order valence-electron chi connectivity index (χ0n) is 14.6. The number of aryl methyl sites for hydroxylation is 1. The number of amides is 1. The van der Waals surface area contributed by atoms with Gasteiger partial charge < -0.3 is 0 Å². The highest BCUT2D eigenvalue weighted by atomic mass is 19.1. The number of halogens is 1. The molecule has 0 N–H and O–H groups in total. The van der Waals surface area contributed by atoms with Crippen molar-refractivity contribution in [2.24, 2.45) is 15.9 Å². The van der Waals surface area contributed by atoms with E-state index in [1.807, 2.05) is 24.0 Å². The molecule has 7 heteroatoms. The van der Waals surface area contributed by atoms with E-state index >= 15 is 0 Å². The summed E-state index contributed by atoms with van der Waals surface area (Å²) in [6, 6.07) is 1.19. The third-order valence-electron chi connectivity index (χ3n) is 6.00. The first-order valence-electron chi connectivity index (χ1n) is 8.94. The monoisotopic (exact) mass is 353 g/mol. The van der Waals surface area contributed by atoms with Crippen LogP contribution in [0.25, 0.3) is 0 Å². The number of carbonyl (C=O) groups excluding carboxylic acids is 1. The number of pyridine rings is 1. The van der Waals surface area contributed by atoms with E-state index in [2.05, 4.69) is 15.2 Å². The maximum Gasteiger partial charge on any atom is 0.249 e. The molecule has 0 aromatic carbocycles. The number of carbonyl (C=O) groups is 1. The first-order chi connectivity index (χ1) is 12.5. The summed E-state index contributed by atoms with van der Waals surface area (Å²) in [4.78, 5) is 17.0. The van der Waals surface area contributed by atoms with Crippen LogP contribution in [0.15, 0.2) is 36.0 Å². The zero-order valence-corrected chi connectivity index (χ0v) is 14.6. The van der Waals surface area contributed by atoms with Crippen LogP contribution in [0, 0.1) is 23.6 Å². The van der Waals surface area contributed by atoms with Crippen molar-refractivity contribution in [3.05, 3.63) is 47.8 Å². The average molecular weight is 353 g/mol. The van der Waals surface area contributed by atoms with E-state index in [0.717, 1.165) is 31.4 Å². The Kier molecular flexibility index (Phi) is 3.14. The van der Waals surface area contributed by atoms with Gasteiger partial charge in [-0.05, 0) is 48.8 Å². The second kappa shape index (κ2) is 5.22. The molecule has 134 valence electrons. The van der Waals surface area contributed by atoms with Crippen molar-refractivity contribution >= 4 is 12.1 Å². The van der Waals surface area contributed by atoms with Crippen LogP contribution in [-0.4, -0.2) is 31.9 Å². The number of rotatable bonds is 4. The van der Waals surface area contributed by atoms with Gasteiger partial charge >= 0.3 is 0 Å². The van der Waals surface area contributed by atoms with Crippen LogP contribution >= 0.6 is 0 Å². The van der Waals surface area contributed by atoms with Gasteiger partial charge in [0.1, 0.15) is 5.82 Å². The summed E-state index contributed by atoms with van der Waals surface area (Å²) in [6.45, 7) is 2.90. The fourth-order valence-electron chi connectivity index (χ4n) is 5.03. The smallest absolute Gasteiger partial charge is 0.249 e. The highest BCUT2D eigenvalue weighted by Crippen LogP contribution is 2.74. The van der Waals surface area contributed by atoms with E-state index in [1.165, 1.54) is 12.3 Å². The van der Waals surface area contributed by atoms with E-state index in [9.17, 15) is 9.18 Å². The number of nitrogens with zero attached hydrogens (tertiary/aromatic N) is 5. The molecule has 0 radical (unpaired) electrons. The van der Waals surface area contributed by atoms with Gasteiger partial charge in [-0.3, -0.25) is 14.5 Å². The minimum absolute atomic E-state index is 0.0685. The van der Waals surface area contributed by atoms with Gasteiger partial charge in [0, 0.05) is 31.6 Å². The van der Waals surface area contributed by atoms with Crippen molar-refractivity contribution in [3.8, 4) is 0 Å². The standard InChI is InChI=1S/C19H20FN5O/c1-13-5-23-24(8-13)12-18-9-19(10-18,11-18)17(26)25-16(2-3-22-25)14-4-15(20)7-21-6-14/h3-8,16H,2,9-12H2,1H3. The Morgan fingerprint density at radius 1 is 1.31 bits per heavy atom. The normalized spacial score (nSPS) is 31.6. The third kappa shape index (κ3) is 2.22. The number of hydrazone groups is 1. The summed E-state index contributed by atoms with van der Waals surface area (Å²) < 4.78 is 15.5. The lowest BCUT2D eigenvalue weighted by molar-refractivity contribution is -0.223. The van der Waals surface area contributed by atoms with Gasteiger partial charge in [0.2, 0.25) is 5.91 Å². The molecule has 0 spiro atoms. The summed E-state index contributed by atoms with van der Waals surface area (Å²) in [6.07, 6.45) is 11.7. The molecule has 3 heterocycles. The Bertz CT molecular complexity index is 900. The summed E-state index contributed by atoms with van der Waals surface area (Å²) in [5.74, 6) is -0.320. The third-order valence-corrected chi connectivity index (χ3v) is 6.00. The number of hydrogen-bond donors (Lipinski definition) is 0. The Morgan fingerprint density at radius 2 is 2.12 bits per heavy atom. The van der Waals surface area contributed by atoms with Crippen molar-refractivity contribution in [1.29, 1.82) is 0 Å². The maximum absolute atomic E-state index is 13.5. The molecule has 1 unspecified atom stereocenters. The Hall–Kier alpha value is -2.57. The molecule has 1 aliphatic heterocycles. The Morgan fingerprint density at radius 3 is 2.81 bits per heavy atom. The summed E-state index contributed by atoms with van der Waals surface area (Å²) in [5, 5.41) is 10.2. The largest absolute Gasteiger partial charge is 0.272 e.